The Labute approximate surface area is 66.3 Å². The van der Waals surface area contributed by atoms with Crippen LogP contribution < -0.4 is 0 Å². The molecule has 0 bridgehead atoms. The Balaban J connectivity index is 2.57. The van der Waals surface area contributed by atoms with Gasteiger partial charge in [-0.2, -0.15) is 0 Å². The third kappa shape index (κ3) is 1.26. The van der Waals surface area contributed by atoms with Crippen molar-refractivity contribution in [3.63, 3.8) is 0 Å². The second-order valence-corrected chi connectivity index (χ2v) is 2.64. The highest BCUT2D eigenvalue weighted by Crippen LogP contribution is 2.17. The fraction of sp³-hybridized carbons (Fsp3) is 0.714. The summed E-state index contributed by atoms with van der Waals surface area (Å²) >= 11 is 0. The van der Waals surface area contributed by atoms with Gasteiger partial charge in [0, 0.05) is 13.6 Å². The first-order valence-corrected chi connectivity index (χ1v) is 3.59. The first-order valence-electron chi connectivity index (χ1n) is 3.59. The number of guanidine groups is 1. The van der Waals surface area contributed by atoms with Crippen molar-refractivity contribution in [2.45, 2.75) is 19.1 Å². The summed E-state index contributed by atoms with van der Waals surface area (Å²) in [5.74, 6) is 0.614. The van der Waals surface area contributed by atoms with Crippen LogP contribution in [0.5, 0.6) is 0 Å². The zero-order chi connectivity index (χ0) is 8.43. The first kappa shape index (κ1) is 8.20. The minimum Gasteiger partial charge on any atom is -0.389 e. The molecule has 1 saturated heterocycles. The van der Waals surface area contributed by atoms with E-state index in [1.165, 1.54) is 0 Å². The predicted octanol–water partition coefficient (Wildman–Crippen LogP) is -0.262. The summed E-state index contributed by atoms with van der Waals surface area (Å²) in [4.78, 5) is 9.56. The van der Waals surface area contributed by atoms with E-state index >= 15 is 0 Å². The lowest BCUT2D eigenvalue weighted by molar-refractivity contribution is -0.00813. The summed E-state index contributed by atoms with van der Waals surface area (Å²) in [6.45, 7) is 5.94. The Morgan fingerprint density at radius 3 is 2.64 bits per heavy atom. The van der Waals surface area contributed by atoms with E-state index in [1.807, 2.05) is 11.8 Å². The van der Waals surface area contributed by atoms with Gasteiger partial charge in [-0.3, -0.25) is 4.99 Å². The van der Waals surface area contributed by atoms with E-state index in [2.05, 4.69) is 16.7 Å². The van der Waals surface area contributed by atoms with Crippen molar-refractivity contribution in [2.75, 3.05) is 13.6 Å². The molecule has 1 rings (SSSR count). The van der Waals surface area contributed by atoms with E-state index in [0.717, 1.165) is 0 Å². The minimum absolute atomic E-state index is 0.124. The van der Waals surface area contributed by atoms with E-state index in [4.69, 9.17) is 5.11 Å². The monoisotopic (exact) mass is 155 g/mol. The van der Waals surface area contributed by atoms with Crippen molar-refractivity contribution in [1.29, 1.82) is 0 Å². The number of nitrogens with zero attached hydrogens (tertiary/aromatic N) is 3. The van der Waals surface area contributed by atoms with E-state index in [1.54, 1.807) is 7.05 Å². The quantitative estimate of drug-likeness (QED) is 0.387. The van der Waals surface area contributed by atoms with Gasteiger partial charge in [0.25, 0.3) is 0 Å². The highest BCUT2D eigenvalue weighted by molar-refractivity contribution is 5.85. The Bertz CT molecular complexity index is 190. The number of rotatable bonds is 0. The molecule has 1 heterocycles. The van der Waals surface area contributed by atoms with E-state index in [0.29, 0.717) is 12.5 Å². The maximum absolute atomic E-state index is 9.17. The van der Waals surface area contributed by atoms with Crippen LogP contribution >= 0.6 is 0 Å². The molecule has 1 N–H and O–H groups in total. The molecule has 0 amide bonds. The number of hydrogen-bond donors (Lipinski definition) is 1. The van der Waals surface area contributed by atoms with Gasteiger partial charge in [0.15, 0.2) is 0 Å². The SMILES string of the molecule is C=NC(=NC)N1C[C@@H](O)[C@@H]1C. The zero-order valence-electron chi connectivity index (χ0n) is 6.86. The second kappa shape index (κ2) is 3.00. The van der Waals surface area contributed by atoms with Gasteiger partial charge in [-0.1, -0.05) is 0 Å². The van der Waals surface area contributed by atoms with Gasteiger partial charge in [-0.15, -0.1) is 0 Å². The summed E-state index contributed by atoms with van der Waals surface area (Å²) in [5, 5.41) is 9.17. The van der Waals surface area contributed by atoms with Crippen LogP contribution in [0.3, 0.4) is 0 Å². The topological polar surface area (TPSA) is 48.2 Å². The molecular weight excluding hydrogens is 142 g/mol. The van der Waals surface area contributed by atoms with Gasteiger partial charge in [-0.05, 0) is 13.6 Å². The second-order valence-electron chi connectivity index (χ2n) is 2.64. The van der Waals surface area contributed by atoms with Crippen LogP contribution in [0.15, 0.2) is 9.98 Å². The molecule has 62 valence electrons. The number of hydrogen-bond acceptors (Lipinski definition) is 2. The molecule has 0 aromatic rings. The van der Waals surface area contributed by atoms with Gasteiger partial charge in [0.05, 0.1) is 12.1 Å². The fourth-order valence-corrected chi connectivity index (χ4v) is 1.14. The summed E-state index contributed by atoms with van der Waals surface area (Å²) in [7, 11) is 1.67. The third-order valence-corrected chi connectivity index (χ3v) is 2.03. The van der Waals surface area contributed by atoms with Crippen molar-refractivity contribution in [3.05, 3.63) is 0 Å². The molecule has 1 fully saturated rings. The molecule has 0 aliphatic carbocycles. The van der Waals surface area contributed by atoms with Crippen molar-refractivity contribution >= 4 is 12.7 Å². The van der Waals surface area contributed by atoms with Gasteiger partial charge in [0.1, 0.15) is 0 Å². The molecule has 0 unspecified atom stereocenters. The molecule has 0 spiro atoms. The molecular formula is C7H13N3O. The van der Waals surface area contributed by atoms with Crippen LogP contribution in [0.2, 0.25) is 0 Å². The van der Waals surface area contributed by atoms with Crippen LogP contribution in [0.25, 0.3) is 0 Å². The highest BCUT2D eigenvalue weighted by Gasteiger charge is 2.35. The van der Waals surface area contributed by atoms with E-state index in [-0.39, 0.29) is 12.1 Å². The molecule has 4 heteroatoms. The van der Waals surface area contributed by atoms with Crippen LogP contribution in [-0.4, -0.2) is 48.4 Å². The summed E-state index contributed by atoms with van der Waals surface area (Å²) in [6, 6.07) is 0.124. The molecule has 1 aliphatic rings. The van der Waals surface area contributed by atoms with Gasteiger partial charge in [0.2, 0.25) is 5.96 Å². The lowest BCUT2D eigenvalue weighted by Crippen LogP contribution is -2.60. The van der Waals surface area contributed by atoms with Gasteiger partial charge < -0.3 is 10.0 Å². The molecule has 4 nitrogen and oxygen atoms in total. The predicted molar refractivity (Wildman–Crippen MR) is 45.1 cm³/mol. The van der Waals surface area contributed by atoms with Crippen molar-refractivity contribution in [2.24, 2.45) is 9.98 Å². The summed E-state index contributed by atoms with van der Waals surface area (Å²) < 4.78 is 0. The maximum Gasteiger partial charge on any atom is 0.220 e. The van der Waals surface area contributed by atoms with Crippen LogP contribution in [-0.2, 0) is 0 Å². The Hall–Kier alpha value is -0.900. The number of aliphatic hydroxyl groups excluding tert-OH is 1. The fourth-order valence-electron chi connectivity index (χ4n) is 1.14. The van der Waals surface area contributed by atoms with Gasteiger partial charge >= 0.3 is 0 Å². The largest absolute Gasteiger partial charge is 0.389 e. The van der Waals surface area contributed by atoms with Gasteiger partial charge in [-0.25, -0.2) is 4.99 Å². The number of aliphatic hydroxyl groups is 1. The molecule has 1 aliphatic heterocycles. The van der Waals surface area contributed by atoms with Crippen LogP contribution in [0, 0.1) is 0 Å². The lowest BCUT2D eigenvalue weighted by atomic mass is 10.0. The number of aliphatic imine (C=N–C) groups is 2. The smallest absolute Gasteiger partial charge is 0.220 e. The zero-order valence-corrected chi connectivity index (χ0v) is 6.86. The standard InChI is InChI=1S/C7H13N3O/c1-5-6(11)4-10(5)7(8-2)9-3/h5-6,11H,2,4H2,1,3H3/t5-,6+/m0/s1. The Morgan fingerprint density at radius 1 is 1.73 bits per heavy atom. The normalized spacial score (nSPS) is 31.5. The number of likely N-dealkylation sites (tertiary alicyclic amines) is 1. The number of β-amino-alcohol motifs (C(OH)–C–C–N with tert-alkyl or cyclic N) is 1. The third-order valence-electron chi connectivity index (χ3n) is 2.03. The molecule has 0 saturated carbocycles. The molecule has 0 aromatic heterocycles. The van der Waals surface area contributed by atoms with Crippen molar-refractivity contribution in [3.8, 4) is 0 Å². The van der Waals surface area contributed by atoms with E-state index < -0.39 is 0 Å². The first-order chi connectivity index (χ1) is 5.20. The molecule has 2 atom stereocenters. The van der Waals surface area contributed by atoms with Crippen LogP contribution in [0.1, 0.15) is 6.92 Å². The van der Waals surface area contributed by atoms with Crippen molar-refractivity contribution in [1.82, 2.24) is 4.90 Å². The Morgan fingerprint density at radius 2 is 2.36 bits per heavy atom. The Kier molecular flexibility index (Phi) is 2.24. The lowest BCUT2D eigenvalue weighted by Gasteiger charge is -2.43. The minimum atomic E-state index is -0.242. The molecule has 11 heavy (non-hydrogen) atoms. The van der Waals surface area contributed by atoms with Crippen LogP contribution in [0.4, 0.5) is 0 Å². The maximum atomic E-state index is 9.17. The summed E-state index contributed by atoms with van der Waals surface area (Å²) in [6.07, 6.45) is -0.242. The summed E-state index contributed by atoms with van der Waals surface area (Å²) in [5.41, 5.74) is 0. The van der Waals surface area contributed by atoms with Crippen molar-refractivity contribution < 1.29 is 5.11 Å². The highest BCUT2D eigenvalue weighted by atomic mass is 16.3. The molecule has 0 radical (unpaired) electrons. The average molecular weight is 155 g/mol. The molecule has 0 aromatic carbocycles. The average Bonchev–Trinajstić information content (AvgIpc) is 2.05. The van der Waals surface area contributed by atoms with E-state index in [9.17, 15) is 0 Å².